The lowest BCUT2D eigenvalue weighted by atomic mass is 10.0. The van der Waals surface area contributed by atoms with Crippen molar-refractivity contribution in [2.75, 3.05) is 6.54 Å². The number of primary amides is 1. The molecule has 2 aliphatic heterocycles. The van der Waals surface area contributed by atoms with Gasteiger partial charge in [-0.25, -0.2) is 5.01 Å². The first-order valence-electron chi connectivity index (χ1n) is 10.1. The molecule has 4 rings (SSSR count). The summed E-state index contributed by atoms with van der Waals surface area (Å²) in [5.41, 5.74) is 7.25. The molecule has 2 unspecified atom stereocenters. The number of alkyl halides is 3. The summed E-state index contributed by atoms with van der Waals surface area (Å²) in [5, 5.41) is 2.51. The number of hydrazine groups is 1. The van der Waals surface area contributed by atoms with E-state index in [0.29, 0.717) is 5.56 Å². The Hall–Kier alpha value is -3.07. The minimum atomic E-state index is -4.62. The number of allylic oxidation sites excluding steroid dienone is 1. The van der Waals surface area contributed by atoms with Gasteiger partial charge in [0.05, 0.1) is 12.6 Å². The molecule has 1 saturated heterocycles. The van der Waals surface area contributed by atoms with Crippen LogP contribution in [0.3, 0.4) is 0 Å². The van der Waals surface area contributed by atoms with Crippen LogP contribution in [0.2, 0.25) is 0 Å². The van der Waals surface area contributed by atoms with Gasteiger partial charge in [-0.2, -0.15) is 13.2 Å². The number of nitrogens with zero attached hydrogens (tertiary/aromatic N) is 4. The second kappa shape index (κ2) is 7.88. The Balaban J connectivity index is 1.77. The van der Waals surface area contributed by atoms with Crippen molar-refractivity contribution in [2.24, 2.45) is 23.7 Å². The third-order valence-electron chi connectivity index (χ3n) is 5.78. The van der Waals surface area contributed by atoms with E-state index < -0.39 is 29.7 Å². The molecular weight excluding hydrogens is 407 g/mol. The molecule has 164 valence electrons. The number of fused-ring (bicyclic) bond motifs is 1. The molecule has 1 aromatic carbocycles. The van der Waals surface area contributed by atoms with Gasteiger partial charge in [-0.05, 0) is 35.8 Å². The number of amidine groups is 1. The number of carbonyl (C=O) groups is 1. The van der Waals surface area contributed by atoms with Crippen LogP contribution in [0.1, 0.15) is 29.8 Å². The molecule has 2 aliphatic rings. The molecule has 1 fully saturated rings. The van der Waals surface area contributed by atoms with Crippen LogP contribution in [-0.4, -0.2) is 39.0 Å². The predicted molar refractivity (Wildman–Crippen MR) is 110 cm³/mol. The summed E-state index contributed by atoms with van der Waals surface area (Å²) in [4.78, 5) is 16.7. The molecule has 31 heavy (non-hydrogen) atoms. The summed E-state index contributed by atoms with van der Waals surface area (Å²) in [6.45, 7) is 2.23. The highest BCUT2D eigenvalue weighted by molar-refractivity contribution is 6.05. The third-order valence-corrected chi connectivity index (χ3v) is 5.78. The van der Waals surface area contributed by atoms with Gasteiger partial charge in [-0.1, -0.05) is 31.2 Å². The van der Waals surface area contributed by atoms with Crippen LogP contribution >= 0.6 is 0 Å². The van der Waals surface area contributed by atoms with E-state index >= 15 is 0 Å². The zero-order valence-corrected chi connectivity index (χ0v) is 17.3. The van der Waals surface area contributed by atoms with E-state index in [1.807, 2.05) is 49.0 Å². The Morgan fingerprint density at radius 3 is 2.48 bits per heavy atom. The molecule has 0 saturated carbocycles. The highest BCUT2D eigenvalue weighted by Gasteiger charge is 2.51. The van der Waals surface area contributed by atoms with Crippen LogP contribution in [0.25, 0.3) is 0 Å². The Morgan fingerprint density at radius 1 is 1.23 bits per heavy atom. The fourth-order valence-electron chi connectivity index (χ4n) is 4.02. The minimum Gasteiger partial charge on any atom is -0.369 e. The van der Waals surface area contributed by atoms with E-state index in [9.17, 15) is 18.0 Å². The van der Waals surface area contributed by atoms with Gasteiger partial charge in [0.2, 0.25) is 5.91 Å². The average molecular weight is 431 g/mol. The van der Waals surface area contributed by atoms with E-state index in [2.05, 4.69) is 4.99 Å². The van der Waals surface area contributed by atoms with Crippen LogP contribution in [0.5, 0.6) is 0 Å². The molecule has 3 heterocycles. The monoisotopic (exact) mass is 431 g/mol. The van der Waals surface area contributed by atoms with Gasteiger partial charge in [0, 0.05) is 25.5 Å². The number of benzene rings is 1. The first kappa shape index (κ1) is 21.2. The number of nitrogens with two attached hydrogens (primary N) is 1. The quantitative estimate of drug-likeness (QED) is 0.790. The largest absolute Gasteiger partial charge is 0.432 e. The Bertz CT molecular complexity index is 1040. The van der Waals surface area contributed by atoms with E-state index in [4.69, 9.17) is 5.73 Å². The molecular formula is C22H24F3N5O. The summed E-state index contributed by atoms with van der Waals surface area (Å²) in [7, 11) is 1.82. The maximum absolute atomic E-state index is 14.1. The van der Waals surface area contributed by atoms with Crippen molar-refractivity contribution >= 4 is 11.7 Å². The fraction of sp³-hybridized carbons (Fsp3) is 0.364. The number of halogens is 3. The number of hydrogen-bond donors (Lipinski definition) is 1. The standard InChI is InChI=1S/C22H24F3N5O/c1-3-14-6-8-15(9-7-14)18-11-19(22(23,24)25)30-21(27-18)17(20(26)31)13-29(30)12-16-5-4-10-28(16)2/h4-11,17-18H,3,12-13H2,1-2H3,(H2,26,31). The maximum atomic E-state index is 14.1. The van der Waals surface area contributed by atoms with Gasteiger partial charge < -0.3 is 10.3 Å². The first-order valence-corrected chi connectivity index (χ1v) is 10.1. The lowest BCUT2D eigenvalue weighted by Crippen LogP contribution is -2.45. The average Bonchev–Trinajstić information content (AvgIpc) is 3.30. The SMILES string of the molecule is CCc1ccc(C2C=C(C(F)(F)F)N3C(=N2)C(C(N)=O)CN3Cc2cccn2C)cc1. The summed E-state index contributed by atoms with van der Waals surface area (Å²) in [6, 6.07) is 10.1. The second-order valence-electron chi connectivity index (χ2n) is 7.80. The lowest BCUT2D eigenvalue weighted by molar-refractivity contribution is -0.124. The highest BCUT2D eigenvalue weighted by atomic mass is 19.4. The summed E-state index contributed by atoms with van der Waals surface area (Å²) in [6.07, 6.45) is -0.860. The number of rotatable bonds is 5. The molecule has 2 N–H and O–H groups in total. The number of aryl methyl sites for hydroxylation is 2. The number of amides is 1. The van der Waals surface area contributed by atoms with Crippen LogP contribution in [0.15, 0.2) is 59.4 Å². The molecule has 9 heteroatoms. The number of aliphatic imine (C=N–C) groups is 1. The van der Waals surface area contributed by atoms with Crippen LogP contribution in [0.4, 0.5) is 13.2 Å². The topological polar surface area (TPSA) is 66.9 Å². The van der Waals surface area contributed by atoms with E-state index in [0.717, 1.165) is 28.8 Å². The van der Waals surface area contributed by atoms with Crippen molar-refractivity contribution in [1.29, 1.82) is 0 Å². The van der Waals surface area contributed by atoms with Gasteiger partial charge in [0.15, 0.2) is 0 Å². The summed E-state index contributed by atoms with van der Waals surface area (Å²) in [5.74, 6) is -1.58. The van der Waals surface area contributed by atoms with Crippen molar-refractivity contribution in [2.45, 2.75) is 32.1 Å². The second-order valence-corrected chi connectivity index (χ2v) is 7.80. The third kappa shape index (κ3) is 3.97. The van der Waals surface area contributed by atoms with Crippen molar-refractivity contribution in [3.63, 3.8) is 0 Å². The van der Waals surface area contributed by atoms with Crippen molar-refractivity contribution in [3.05, 3.63) is 71.2 Å². The van der Waals surface area contributed by atoms with E-state index in [1.54, 1.807) is 12.1 Å². The molecule has 1 aromatic heterocycles. The molecule has 6 nitrogen and oxygen atoms in total. The zero-order valence-electron chi connectivity index (χ0n) is 17.3. The Kier molecular flexibility index (Phi) is 5.38. The van der Waals surface area contributed by atoms with Gasteiger partial charge in [0.1, 0.15) is 17.5 Å². The van der Waals surface area contributed by atoms with Crippen LogP contribution in [0, 0.1) is 5.92 Å². The summed E-state index contributed by atoms with van der Waals surface area (Å²) < 4.78 is 44.2. The minimum absolute atomic E-state index is 0.0360. The van der Waals surface area contributed by atoms with Crippen molar-refractivity contribution in [1.82, 2.24) is 14.6 Å². The molecule has 0 spiro atoms. The number of aromatic nitrogens is 1. The fourth-order valence-corrected chi connectivity index (χ4v) is 4.02. The van der Waals surface area contributed by atoms with Gasteiger partial charge in [-0.3, -0.25) is 14.8 Å². The van der Waals surface area contributed by atoms with E-state index in [1.165, 1.54) is 5.01 Å². The predicted octanol–water partition coefficient (Wildman–Crippen LogP) is 3.32. The smallest absolute Gasteiger partial charge is 0.369 e. The van der Waals surface area contributed by atoms with E-state index in [-0.39, 0.29) is 18.9 Å². The zero-order chi connectivity index (χ0) is 22.3. The van der Waals surface area contributed by atoms with Crippen molar-refractivity contribution < 1.29 is 18.0 Å². The molecule has 2 atom stereocenters. The van der Waals surface area contributed by atoms with Gasteiger partial charge >= 0.3 is 6.18 Å². The van der Waals surface area contributed by atoms with Gasteiger partial charge in [0.25, 0.3) is 0 Å². The normalized spacial score (nSPS) is 21.6. The highest BCUT2D eigenvalue weighted by Crippen LogP contribution is 2.41. The van der Waals surface area contributed by atoms with Gasteiger partial charge in [-0.15, -0.1) is 0 Å². The first-order chi connectivity index (χ1) is 14.7. The molecule has 0 aliphatic carbocycles. The number of carbonyl (C=O) groups excluding carboxylic acids is 1. The summed E-state index contributed by atoms with van der Waals surface area (Å²) >= 11 is 0. The van der Waals surface area contributed by atoms with Crippen LogP contribution < -0.4 is 5.73 Å². The molecule has 0 radical (unpaired) electrons. The Morgan fingerprint density at radius 2 is 1.94 bits per heavy atom. The molecule has 2 aromatic rings. The van der Waals surface area contributed by atoms with Crippen LogP contribution in [-0.2, 0) is 24.8 Å². The Labute approximate surface area is 178 Å². The number of hydrogen-bond acceptors (Lipinski definition) is 4. The molecule has 1 amide bonds. The van der Waals surface area contributed by atoms with Crippen molar-refractivity contribution in [3.8, 4) is 0 Å². The maximum Gasteiger partial charge on any atom is 0.432 e. The lowest BCUT2D eigenvalue weighted by Gasteiger charge is -2.35. The molecule has 0 bridgehead atoms.